The van der Waals surface area contributed by atoms with E-state index >= 15 is 0 Å². The molecule has 0 fully saturated rings. The molecular formula is C16H27N3O. The highest BCUT2D eigenvalue weighted by Crippen LogP contribution is 2.16. The normalized spacial score (nSPS) is 12.3. The maximum atomic E-state index is 12.3. The van der Waals surface area contributed by atoms with Crippen molar-refractivity contribution in [3.63, 3.8) is 0 Å². The summed E-state index contributed by atoms with van der Waals surface area (Å²) in [4.78, 5) is 16.2. The third-order valence-corrected chi connectivity index (χ3v) is 3.62. The minimum atomic E-state index is -0.0963. The van der Waals surface area contributed by atoms with Crippen molar-refractivity contribution in [3.8, 4) is 0 Å². The first-order valence-electron chi connectivity index (χ1n) is 7.08. The minimum Gasteiger partial charge on any atom is -0.378 e. The third-order valence-electron chi connectivity index (χ3n) is 3.62. The molecule has 1 aromatic carbocycles. The Morgan fingerprint density at radius 2 is 1.70 bits per heavy atom. The maximum absolute atomic E-state index is 12.3. The lowest BCUT2D eigenvalue weighted by atomic mass is 9.94. The number of amides is 1. The van der Waals surface area contributed by atoms with Gasteiger partial charge in [0.2, 0.25) is 5.91 Å². The monoisotopic (exact) mass is 277 g/mol. The molecule has 1 aromatic rings. The predicted octanol–water partition coefficient (Wildman–Crippen LogP) is 1.94. The first kappa shape index (κ1) is 16.5. The summed E-state index contributed by atoms with van der Waals surface area (Å²) in [5, 5.41) is 0. The van der Waals surface area contributed by atoms with Gasteiger partial charge in [0.25, 0.3) is 0 Å². The number of anilines is 1. The van der Waals surface area contributed by atoms with E-state index in [0.717, 1.165) is 11.3 Å². The fourth-order valence-corrected chi connectivity index (χ4v) is 2.19. The molecule has 1 amide bonds. The van der Waals surface area contributed by atoms with Crippen LogP contribution < -0.4 is 10.6 Å². The van der Waals surface area contributed by atoms with E-state index in [1.54, 1.807) is 4.90 Å². The van der Waals surface area contributed by atoms with Crippen LogP contribution in [0.3, 0.4) is 0 Å². The van der Waals surface area contributed by atoms with E-state index < -0.39 is 0 Å². The van der Waals surface area contributed by atoms with Crippen molar-refractivity contribution >= 4 is 11.6 Å². The molecule has 0 bridgehead atoms. The topological polar surface area (TPSA) is 49.6 Å². The van der Waals surface area contributed by atoms with Crippen LogP contribution in [0, 0.1) is 11.8 Å². The zero-order valence-corrected chi connectivity index (χ0v) is 13.3. The first-order valence-corrected chi connectivity index (χ1v) is 7.08. The molecule has 2 N–H and O–H groups in total. The van der Waals surface area contributed by atoms with Gasteiger partial charge in [0.15, 0.2) is 0 Å². The molecule has 0 saturated carbocycles. The van der Waals surface area contributed by atoms with Crippen LogP contribution in [0.4, 0.5) is 5.69 Å². The van der Waals surface area contributed by atoms with Gasteiger partial charge < -0.3 is 15.5 Å². The van der Waals surface area contributed by atoms with Crippen molar-refractivity contribution in [3.05, 3.63) is 29.8 Å². The Bertz CT molecular complexity index is 426. The van der Waals surface area contributed by atoms with Crippen LogP contribution in [0.1, 0.15) is 19.4 Å². The summed E-state index contributed by atoms with van der Waals surface area (Å²) in [7, 11) is 5.87. The summed E-state index contributed by atoms with van der Waals surface area (Å²) < 4.78 is 0. The fourth-order valence-electron chi connectivity index (χ4n) is 2.19. The van der Waals surface area contributed by atoms with Crippen molar-refractivity contribution in [2.45, 2.75) is 20.4 Å². The second-order valence-electron chi connectivity index (χ2n) is 5.84. The summed E-state index contributed by atoms with van der Waals surface area (Å²) in [6, 6.07) is 8.25. The molecular weight excluding hydrogens is 250 g/mol. The number of nitrogens with zero attached hydrogens (tertiary/aromatic N) is 2. The van der Waals surface area contributed by atoms with Crippen LogP contribution in [0.5, 0.6) is 0 Å². The Morgan fingerprint density at radius 3 is 2.10 bits per heavy atom. The Hall–Kier alpha value is -1.55. The minimum absolute atomic E-state index is 0.0963. The number of benzene rings is 1. The molecule has 1 atom stereocenters. The Balaban J connectivity index is 2.70. The quantitative estimate of drug-likeness (QED) is 0.864. The van der Waals surface area contributed by atoms with Crippen LogP contribution in [-0.4, -0.2) is 38.5 Å². The molecule has 0 aromatic heterocycles. The average Bonchev–Trinajstić information content (AvgIpc) is 2.39. The number of carbonyl (C=O) groups is 1. The van der Waals surface area contributed by atoms with Gasteiger partial charge >= 0.3 is 0 Å². The third kappa shape index (κ3) is 4.23. The molecule has 0 aliphatic rings. The van der Waals surface area contributed by atoms with Crippen LogP contribution in [0.25, 0.3) is 0 Å². The number of hydrogen-bond acceptors (Lipinski definition) is 3. The summed E-state index contributed by atoms with van der Waals surface area (Å²) in [5.41, 5.74) is 7.99. The molecule has 1 rings (SSSR count). The second-order valence-corrected chi connectivity index (χ2v) is 5.84. The van der Waals surface area contributed by atoms with Crippen LogP contribution in [0.15, 0.2) is 24.3 Å². The van der Waals surface area contributed by atoms with Gasteiger partial charge in [0.05, 0.1) is 5.92 Å². The molecule has 112 valence electrons. The van der Waals surface area contributed by atoms with Crippen LogP contribution in [-0.2, 0) is 11.3 Å². The van der Waals surface area contributed by atoms with E-state index in [9.17, 15) is 4.79 Å². The lowest BCUT2D eigenvalue weighted by molar-refractivity contribution is -0.135. The lowest BCUT2D eigenvalue weighted by Crippen LogP contribution is -2.38. The lowest BCUT2D eigenvalue weighted by Gasteiger charge is -2.25. The van der Waals surface area contributed by atoms with Gasteiger partial charge in [-0.25, -0.2) is 0 Å². The molecule has 0 aliphatic heterocycles. The van der Waals surface area contributed by atoms with Gasteiger partial charge in [-0.3, -0.25) is 4.79 Å². The van der Waals surface area contributed by atoms with Crippen molar-refractivity contribution in [2.24, 2.45) is 17.6 Å². The van der Waals surface area contributed by atoms with Gasteiger partial charge in [-0.15, -0.1) is 0 Å². The van der Waals surface area contributed by atoms with E-state index in [1.807, 2.05) is 35.0 Å². The van der Waals surface area contributed by atoms with E-state index in [0.29, 0.717) is 13.1 Å². The zero-order chi connectivity index (χ0) is 15.3. The molecule has 0 saturated heterocycles. The highest BCUT2D eigenvalue weighted by molar-refractivity contribution is 5.79. The highest BCUT2D eigenvalue weighted by atomic mass is 16.2. The molecule has 20 heavy (non-hydrogen) atoms. The SMILES string of the molecule is CC(C)C(CN)C(=O)N(C)Cc1ccc(N(C)C)cc1. The van der Waals surface area contributed by atoms with Crippen molar-refractivity contribution in [1.82, 2.24) is 4.90 Å². The summed E-state index contributed by atoms with van der Waals surface area (Å²) in [6.07, 6.45) is 0. The van der Waals surface area contributed by atoms with Crippen LogP contribution >= 0.6 is 0 Å². The second kappa shape index (κ2) is 7.29. The molecule has 0 heterocycles. The van der Waals surface area contributed by atoms with Gasteiger partial charge in [-0.05, 0) is 23.6 Å². The van der Waals surface area contributed by atoms with Crippen molar-refractivity contribution < 1.29 is 4.79 Å². The standard InChI is InChI=1S/C16H27N3O/c1-12(2)15(10-17)16(20)19(5)11-13-6-8-14(9-7-13)18(3)4/h6-9,12,15H,10-11,17H2,1-5H3. The molecule has 4 heteroatoms. The van der Waals surface area contributed by atoms with Gasteiger partial charge in [0, 0.05) is 39.9 Å². The largest absolute Gasteiger partial charge is 0.378 e. The molecule has 0 spiro atoms. The number of carbonyl (C=O) groups excluding carboxylic acids is 1. The summed E-state index contributed by atoms with van der Waals surface area (Å²) >= 11 is 0. The van der Waals surface area contributed by atoms with E-state index in [4.69, 9.17) is 5.73 Å². The molecule has 0 aliphatic carbocycles. The highest BCUT2D eigenvalue weighted by Gasteiger charge is 2.23. The van der Waals surface area contributed by atoms with Gasteiger partial charge in [0.1, 0.15) is 0 Å². The number of rotatable bonds is 6. The number of nitrogens with two attached hydrogens (primary N) is 1. The Labute approximate surface area is 122 Å². The smallest absolute Gasteiger partial charge is 0.227 e. The van der Waals surface area contributed by atoms with Crippen molar-refractivity contribution in [1.29, 1.82) is 0 Å². The number of hydrogen-bond donors (Lipinski definition) is 1. The van der Waals surface area contributed by atoms with Gasteiger partial charge in [-0.1, -0.05) is 26.0 Å². The zero-order valence-electron chi connectivity index (χ0n) is 13.3. The van der Waals surface area contributed by atoms with Crippen molar-refractivity contribution in [2.75, 3.05) is 32.6 Å². The fraction of sp³-hybridized carbons (Fsp3) is 0.562. The van der Waals surface area contributed by atoms with E-state index in [2.05, 4.69) is 29.2 Å². The van der Waals surface area contributed by atoms with E-state index in [-0.39, 0.29) is 17.7 Å². The predicted molar refractivity (Wildman–Crippen MR) is 84.6 cm³/mol. The molecule has 4 nitrogen and oxygen atoms in total. The maximum Gasteiger partial charge on any atom is 0.227 e. The van der Waals surface area contributed by atoms with Gasteiger partial charge in [-0.2, -0.15) is 0 Å². The average molecular weight is 277 g/mol. The first-order chi connectivity index (χ1) is 9.36. The van der Waals surface area contributed by atoms with Crippen LogP contribution in [0.2, 0.25) is 0 Å². The Kier molecular flexibility index (Phi) is 6.02. The molecule has 0 radical (unpaired) electrons. The Morgan fingerprint density at radius 1 is 1.15 bits per heavy atom. The summed E-state index contributed by atoms with van der Waals surface area (Å²) in [5.74, 6) is 0.298. The molecule has 1 unspecified atom stereocenters. The van der Waals surface area contributed by atoms with E-state index in [1.165, 1.54) is 0 Å². The summed E-state index contributed by atoms with van der Waals surface area (Å²) in [6.45, 7) is 5.10.